The number of aliphatic hydroxyl groups excluding tert-OH is 1. The van der Waals surface area contributed by atoms with Crippen molar-refractivity contribution in [3.63, 3.8) is 0 Å². The summed E-state index contributed by atoms with van der Waals surface area (Å²) < 4.78 is 0. The number of aliphatic hydroxyl groups is 1. The topological polar surface area (TPSA) is 36.0 Å². The van der Waals surface area contributed by atoms with Gasteiger partial charge in [0.1, 0.15) is 0 Å². The largest absolute Gasteiger partial charge is 0.395 e. The molecule has 1 heterocycles. The zero-order valence-electron chi connectivity index (χ0n) is 8.23. The molecule has 0 spiro atoms. The fourth-order valence-corrected chi connectivity index (χ4v) is 1.78. The first-order valence-corrected chi connectivity index (χ1v) is 4.25. The van der Waals surface area contributed by atoms with E-state index in [4.69, 9.17) is 0 Å². The van der Waals surface area contributed by atoms with Crippen LogP contribution in [0.2, 0.25) is 0 Å². The van der Waals surface area contributed by atoms with Crippen LogP contribution in [0.4, 0.5) is 0 Å². The van der Waals surface area contributed by atoms with Crippen LogP contribution in [0, 0.1) is 13.8 Å². The van der Waals surface area contributed by atoms with Crippen molar-refractivity contribution in [1.82, 2.24) is 4.98 Å². The van der Waals surface area contributed by atoms with Gasteiger partial charge >= 0.3 is 0 Å². The molecule has 2 heteroatoms. The Morgan fingerprint density at radius 2 is 2.00 bits per heavy atom. The summed E-state index contributed by atoms with van der Waals surface area (Å²) in [6.07, 6.45) is 1.99. The molecule has 0 fully saturated rings. The maximum Gasteiger partial charge on any atom is 0.0523 e. The summed E-state index contributed by atoms with van der Waals surface area (Å²) in [4.78, 5) is 3.17. The monoisotopic (exact) mass is 167 g/mol. The fourth-order valence-electron chi connectivity index (χ4n) is 1.78. The summed E-state index contributed by atoms with van der Waals surface area (Å²) in [5, 5.41) is 9.20. The number of H-pyrrole nitrogens is 1. The molecular weight excluding hydrogens is 150 g/mol. The standard InChI is InChI=1S/C10H17NO/c1-7-5-11-8(2)9(7)10(3,4)6-12/h5,11-12H,6H2,1-4H3. The van der Waals surface area contributed by atoms with Crippen molar-refractivity contribution in [2.45, 2.75) is 33.1 Å². The van der Waals surface area contributed by atoms with Crippen molar-refractivity contribution in [3.05, 3.63) is 23.0 Å². The molecule has 2 N–H and O–H groups in total. The van der Waals surface area contributed by atoms with E-state index in [0.717, 1.165) is 5.69 Å². The first kappa shape index (κ1) is 9.33. The number of aromatic amines is 1. The number of nitrogens with one attached hydrogen (secondary N) is 1. The van der Waals surface area contributed by atoms with E-state index in [2.05, 4.69) is 25.8 Å². The highest BCUT2D eigenvalue weighted by atomic mass is 16.3. The third-order valence-electron chi connectivity index (χ3n) is 2.35. The summed E-state index contributed by atoms with van der Waals surface area (Å²) >= 11 is 0. The quantitative estimate of drug-likeness (QED) is 0.693. The van der Waals surface area contributed by atoms with E-state index in [1.807, 2.05) is 13.1 Å². The fraction of sp³-hybridized carbons (Fsp3) is 0.600. The van der Waals surface area contributed by atoms with E-state index in [9.17, 15) is 5.11 Å². The highest BCUT2D eigenvalue weighted by Gasteiger charge is 2.24. The predicted octanol–water partition coefficient (Wildman–Crippen LogP) is 1.90. The minimum atomic E-state index is -0.131. The predicted molar refractivity (Wildman–Crippen MR) is 50.4 cm³/mol. The minimum Gasteiger partial charge on any atom is -0.395 e. The van der Waals surface area contributed by atoms with Crippen molar-refractivity contribution >= 4 is 0 Å². The summed E-state index contributed by atoms with van der Waals surface area (Å²) in [7, 11) is 0. The second-order valence-corrected chi connectivity index (χ2v) is 4.01. The Bertz CT molecular complexity index is 254. The zero-order chi connectivity index (χ0) is 9.35. The van der Waals surface area contributed by atoms with Crippen LogP contribution in [0.25, 0.3) is 0 Å². The van der Waals surface area contributed by atoms with Crippen LogP contribution >= 0.6 is 0 Å². The van der Waals surface area contributed by atoms with E-state index >= 15 is 0 Å². The second-order valence-electron chi connectivity index (χ2n) is 4.01. The molecule has 0 saturated heterocycles. The molecule has 0 aliphatic rings. The average Bonchev–Trinajstić information content (AvgIpc) is 2.31. The van der Waals surface area contributed by atoms with Gasteiger partial charge < -0.3 is 10.1 Å². The molecule has 2 nitrogen and oxygen atoms in total. The van der Waals surface area contributed by atoms with E-state index in [1.54, 1.807) is 0 Å². The van der Waals surface area contributed by atoms with Gasteiger partial charge in [-0.05, 0) is 25.0 Å². The van der Waals surface area contributed by atoms with Gasteiger partial charge in [0.2, 0.25) is 0 Å². The van der Waals surface area contributed by atoms with Gasteiger partial charge in [-0.3, -0.25) is 0 Å². The van der Waals surface area contributed by atoms with Crippen LogP contribution < -0.4 is 0 Å². The minimum absolute atomic E-state index is 0.131. The number of rotatable bonds is 2. The molecule has 0 radical (unpaired) electrons. The lowest BCUT2D eigenvalue weighted by Gasteiger charge is -2.23. The van der Waals surface area contributed by atoms with E-state index < -0.39 is 0 Å². The molecule has 0 unspecified atom stereocenters. The van der Waals surface area contributed by atoms with Gasteiger partial charge in [0, 0.05) is 17.3 Å². The Morgan fingerprint density at radius 1 is 1.42 bits per heavy atom. The lowest BCUT2D eigenvalue weighted by Crippen LogP contribution is -2.23. The normalized spacial score (nSPS) is 12.1. The van der Waals surface area contributed by atoms with Crippen LogP contribution in [-0.2, 0) is 5.41 Å². The average molecular weight is 167 g/mol. The Morgan fingerprint density at radius 3 is 2.33 bits per heavy atom. The lowest BCUT2D eigenvalue weighted by atomic mass is 9.83. The number of aryl methyl sites for hydroxylation is 2. The highest BCUT2D eigenvalue weighted by Crippen LogP contribution is 2.28. The number of hydrogen-bond donors (Lipinski definition) is 2. The van der Waals surface area contributed by atoms with Gasteiger partial charge in [-0.15, -0.1) is 0 Å². The molecule has 12 heavy (non-hydrogen) atoms. The third kappa shape index (κ3) is 1.39. The Kier molecular flexibility index (Phi) is 2.29. The van der Waals surface area contributed by atoms with Crippen LogP contribution in [0.1, 0.15) is 30.7 Å². The second kappa shape index (κ2) is 2.94. The van der Waals surface area contributed by atoms with Crippen molar-refractivity contribution in [3.8, 4) is 0 Å². The molecule has 0 aromatic carbocycles. The van der Waals surface area contributed by atoms with Crippen LogP contribution in [0.15, 0.2) is 6.20 Å². The van der Waals surface area contributed by atoms with Crippen LogP contribution in [0.3, 0.4) is 0 Å². The Hall–Kier alpha value is -0.760. The van der Waals surface area contributed by atoms with Crippen molar-refractivity contribution < 1.29 is 5.11 Å². The summed E-state index contributed by atoms with van der Waals surface area (Å²) in [5.74, 6) is 0. The Balaban J connectivity index is 3.17. The van der Waals surface area contributed by atoms with Crippen molar-refractivity contribution in [2.75, 3.05) is 6.61 Å². The van der Waals surface area contributed by atoms with Crippen LogP contribution in [0.5, 0.6) is 0 Å². The van der Waals surface area contributed by atoms with Crippen LogP contribution in [-0.4, -0.2) is 16.7 Å². The molecule has 1 rings (SSSR count). The van der Waals surface area contributed by atoms with E-state index in [1.165, 1.54) is 11.1 Å². The maximum atomic E-state index is 9.20. The molecule has 68 valence electrons. The third-order valence-corrected chi connectivity index (χ3v) is 2.35. The maximum absolute atomic E-state index is 9.20. The SMILES string of the molecule is Cc1c[nH]c(C)c1C(C)(C)CO. The van der Waals surface area contributed by atoms with E-state index in [-0.39, 0.29) is 12.0 Å². The first-order valence-electron chi connectivity index (χ1n) is 4.25. The van der Waals surface area contributed by atoms with Gasteiger partial charge in [0.05, 0.1) is 6.61 Å². The summed E-state index contributed by atoms with van der Waals surface area (Å²) in [5.41, 5.74) is 3.50. The number of aromatic nitrogens is 1. The smallest absolute Gasteiger partial charge is 0.0523 e. The van der Waals surface area contributed by atoms with E-state index in [0.29, 0.717) is 0 Å². The molecule has 1 aromatic rings. The molecule has 0 aliphatic carbocycles. The number of hydrogen-bond acceptors (Lipinski definition) is 1. The van der Waals surface area contributed by atoms with Gasteiger partial charge in [0.25, 0.3) is 0 Å². The molecule has 0 aliphatic heterocycles. The zero-order valence-corrected chi connectivity index (χ0v) is 8.23. The van der Waals surface area contributed by atoms with Gasteiger partial charge in [0.15, 0.2) is 0 Å². The van der Waals surface area contributed by atoms with Crippen molar-refractivity contribution in [2.24, 2.45) is 0 Å². The Labute approximate surface area is 73.6 Å². The molecule has 0 saturated carbocycles. The summed E-state index contributed by atoms with van der Waals surface area (Å²) in [6.45, 7) is 8.40. The highest BCUT2D eigenvalue weighted by molar-refractivity contribution is 5.35. The van der Waals surface area contributed by atoms with Gasteiger partial charge in [-0.25, -0.2) is 0 Å². The lowest BCUT2D eigenvalue weighted by molar-refractivity contribution is 0.217. The molecule has 0 amide bonds. The van der Waals surface area contributed by atoms with Crippen molar-refractivity contribution in [1.29, 1.82) is 0 Å². The summed E-state index contributed by atoms with van der Waals surface area (Å²) in [6, 6.07) is 0. The van der Waals surface area contributed by atoms with Gasteiger partial charge in [-0.2, -0.15) is 0 Å². The molecular formula is C10H17NO. The first-order chi connectivity index (χ1) is 5.49. The van der Waals surface area contributed by atoms with Gasteiger partial charge in [-0.1, -0.05) is 13.8 Å². The molecule has 0 bridgehead atoms. The molecule has 1 aromatic heterocycles. The molecule has 0 atom stereocenters.